The second-order valence-corrected chi connectivity index (χ2v) is 5.81. The topological polar surface area (TPSA) is 92.4 Å². The summed E-state index contributed by atoms with van der Waals surface area (Å²) in [5, 5.41) is 13.7. The Bertz CT molecular complexity index is 433. The number of amides is 1. The molecule has 0 aliphatic heterocycles. The molecule has 1 aromatic rings. The zero-order valence-corrected chi connectivity index (χ0v) is 12.7. The van der Waals surface area contributed by atoms with Crippen molar-refractivity contribution in [2.45, 2.75) is 39.2 Å². The molecule has 0 bridgehead atoms. The summed E-state index contributed by atoms with van der Waals surface area (Å²) in [5.74, 6) is -1.10. The summed E-state index contributed by atoms with van der Waals surface area (Å²) in [5.41, 5.74) is 5.13. The fourth-order valence-electron chi connectivity index (χ4n) is 2.15. The van der Waals surface area contributed by atoms with Gasteiger partial charge in [0.1, 0.15) is 0 Å². The van der Waals surface area contributed by atoms with E-state index in [1.807, 2.05) is 31.4 Å². The molecule has 6 heteroatoms. The lowest BCUT2D eigenvalue weighted by atomic mass is 9.81. The van der Waals surface area contributed by atoms with Gasteiger partial charge in [-0.2, -0.15) is 0 Å². The third-order valence-corrected chi connectivity index (χ3v) is 4.78. The molecule has 5 nitrogen and oxygen atoms in total. The molecule has 1 atom stereocenters. The maximum Gasteiger partial charge on any atom is 0.305 e. The van der Waals surface area contributed by atoms with E-state index >= 15 is 0 Å². The summed E-state index contributed by atoms with van der Waals surface area (Å²) >= 11 is 1.44. The SMILES string of the molecule is CCC(CC)(CN)C(=O)NC(CC(=O)O)c1cccs1. The van der Waals surface area contributed by atoms with Crippen LogP contribution in [-0.4, -0.2) is 23.5 Å². The van der Waals surface area contributed by atoms with Crippen LogP contribution in [0, 0.1) is 5.41 Å². The summed E-state index contributed by atoms with van der Waals surface area (Å²) in [7, 11) is 0. The summed E-state index contributed by atoms with van der Waals surface area (Å²) in [4.78, 5) is 24.3. The molecule has 0 aromatic carbocycles. The van der Waals surface area contributed by atoms with Crippen LogP contribution in [0.1, 0.15) is 44.0 Å². The molecule has 1 heterocycles. The number of aliphatic carboxylic acids is 1. The first kappa shape index (κ1) is 16.7. The monoisotopic (exact) mass is 298 g/mol. The second-order valence-electron chi connectivity index (χ2n) is 4.83. The van der Waals surface area contributed by atoms with Gasteiger partial charge in [-0.1, -0.05) is 19.9 Å². The van der Waals surface area contributed by atoms with Crippen molar-refractivity contribution in [3.8, 4) is 0 Å². The number of rotatable bonds is 8. The Morgan fingerprint density at radius 2 is 2.10 bits per heavy atom. The molecule has 0 fully saturated rings. The number of carboxylic acid groups (broad SMARTS) is 1. The summed E-state index contributed by atoms with van der Waals surface area (Å²) in [6.07, 6.45) is 1.15. The first-order valence-electron chi connectivity index (χ1n) is 6.75. The molecule has 0 saturated heterocycles. The zero-order chi connectivity index (χ0) is 15.2. The van der Waals surface area contributed by atoms with Gasteiger partial charge in [-0.15, -0.1) is 11.3 Å². The molecule has 112 valence electrons. The Hall–Kier alpha value is -1.40. The van der Waals surface area contributed by atoms with Crippen molar-refractivity contribution >= 4 is 23.2 Å². The first-order chi connectivity index (χ1) is 9.49. The predicted octanol–water partition coefficient (Wildman–Crippen LogP) is 2.15. The Labute approximate surface area is 123 Å². The van der Waals surface area contributed by atoms with Gasteiger partial charge in [0.2, 0.25) is 5.91 Å². The number of thiophene rings is 1. The predicted molar refractivity (Wildman–Crippen MR) is 79.5 cm³/mol. The molecule has 0 aliphatic rings. The minimum Gasteiger partial charge on any atom is -0.481 e. The summed E-state index contributed by atoms with van der Waals surface area (Å²) in [6.45, 7) is 4.11. The van der Waals surface area contributed by atoms with Crippen molar-refractivity contribution in [3.63, 3.8) is 0 Å². The minimum absolute atomic E-state index is 0.125. The highest BCUT2D eigenvalue weighted by Crippen LogP contribution is 2.28. The Kier molecular flexibility index (Phi) is 6.16. The van der Waals surface area contributed by atoms with E-state index in [4.69, 9.17) is 10.8 Å². The van der Waals surface area contributed by atoms with E-state index in [2.05, 4.69) is 5.32 Å². The molecule has 1 rings (SSSR count). The van der Waals surface area contributed by atoms with Gasteiger partial charge in [0.15, 0.2) is 0 Å². The Morgan fingerprint density at radius 1 is 1.45 bits per heavy atom. The van der Waals surface area contributed by atoms with E-state index in [0.29, 0.717) is 12.8 Å². The van der Waals surface area contributed by atoms with Gasteiger partial charge in [-0.25, -0.2) is 0 Å². The van der Waals surface area contributed by atoms with Crippen molar-refractivity contribution in [2.75, 3.05) is 6.54 Å². The van der Waals surface area contributed by atoms with Crippen molar-refractivity contribution in [2.24, 2.45) is 11.1 Å². The lowest BCUT2D eigenvalue weighted by molar-refractivity contribution is -0.138. The third kappa shape index (κ3) is 3.80. The highest BCUT2D eigenvalue weighted by molar-refractivity contribution is 7.10. The van der Waals surface area contributed by atoms with Crippen LogP contribution in [0.4, 0.5) is 0 Å². The number of carbonyl (C=O) groups is 2. The van der Waals surface area contributed by atoms with E-state index in [0.717, 1.165) is 4.88 Å². The van der Waals surface area contributed by atoms with Crippen molar-refractivity contribution in [1.29, 1.82) is 0 Å². The van der Waals surface area contributed by atoms with Crippen LogP contribution in [0.3, 0.4) is 0 Å². The van der Waals surface area contributed by atoms with Crippen LogP contribution < -0.4 is 11.1 Å². The van der Waals surface area contributed by atoms with Gasteiger partial charge in [-0.05, 0) is 24.3 Å². The van der Waals surface area contributed by atoms with Crippen LogP contribution >= 0.6 is 11.3 Å². The van der Waals surface area contributed by atoms with Crippen LogP contribution in [-0.2, 0) is 9.59 Å². The Balaban J connectivity index is 2.89. The van der Waals surface area contributed by atoms with Gasteiger partial charge in [0.25, 0.3) is 0 Å². The van der Waals surface area contributed by atoms with Crippen molar-refractivity contribution in [3.05, 3.63) is 22.4 Å². The number of nitrogens with one attached hydrogen (secondary N) is 1. The normalized spacial score (nSPS) is 12.9. The fraction of sp³-hybridized carbons (Fsp3) is 0.571. The molecule has 4 N–H and O–H groups in total. The standard InChI is InChI=1S/C14H22N2O3S/c1-3-14(4-2,9-15)13(19)16-10(8-12(17)18)11-6-5-7-20-11/h5-7,10H,3-4,8-9,15H2,1-2H3,(H,16,19)(H,17,18). The van der Waals surface area contributed by atoms with E-state index in [1.54, 1.807) is 0 Å². The maximum absolute atomic E-state index is 12.5. The quantitative estimate of drug-likeness (QED) is 0.685. The highest BCUT2D eigenvalue weighted by atomic mass is 32.1. The second kappa shape index (κ2) is 7.40. The molecule has 0 spiro atoms. The van der Waals surface area contributed by atoms with Crippen molar-refractivity contribution < 1.29 is 14.7 Å². The fourth-order valence-corrected chi connectivity index (χ4v) is 2.93. The van der Waals surface area contributed by atoms with Gasteiger partial charge < -0.3 is 16.2 Å². The number of carboxylic acids is 1. The lowest BCUT2D eigenvalue weighted by Gasteiger charge is -2.30. The summed E-state index contributed by atoms with van der Waals surface area (Å²) in [6, 6.07) is 3.18. The van der Waals surface area contributed by atoms with Crippen LogP contribution in [0.5, 0.6) is 0 Å². The Morgan fingerprint density at radius 3 is 2.50 bits per heavy atom. The van der Waals surface area contributed by atoms with Crippen LogP contribution in [0.2, 0.25) is 0 Å². The molecule has 20 heavy (non-hydrogen) atoms. The highest BCUT2D eigenvalue weighted by Gasteiger charge is 2.35. The zero-order valence-electron chi connectivity index (χ0n) is 11.9. The molecule has 0 saturated carbocycles. The molecule has 1 amide bonds. The van der Waals surface area contributed by atoms with Gasteiger partial charge in [0.05, 0.1) is 17.9 Å². The van der Waals surface area contributed by atoms with Crippen LogP contribution in [0.25, 0.3) is 0 Å². The first-order valence-corrected chi connectivity index (χ1v) is 7.63. The number of nitrogens with two attached hydrogens (primary N) is 1. The average Bonchev–Trinajstić information content (AvgIpc) is 2.94. The number of hydrogen-bond donors (Lipinski definition) is 3. The van der Waals surface area contributed by atoms with Gasteiger partial charge in [-0.3, -0.25) is 9.59 Å². The van der Waals surface area contributed by atoms with E-state index in [-0.39, 0.29) is 18.9 Å². The smallest absolute Gasteiger partial charge is 0.305 e. The van der Waals surface area contributed by atoms with E-state index in [1.165, 1.54) is 11.3 Å². The molecular weight excluding hydrogens is 276 g/mol. The van der Waals surface area contributed by atoms with Gasteiger partial charge in [0, 0.05) is 11.4 Å². The van der Waals surface area contributed by atoms with Gasteiger partial charge >= 0.3 is 5.97 Å². The van der Waals surface area contributed by atoms with Crippen molar-refractivity contribution in [1.82, 2.24) is 5.32 Å². The maximum atomic E-state index is 12.5. The molecule has 1 unspecified atom stereocenters. The van der Waals surface area contributed by atoms with E-state index < -0.39 is 17.4 Å². The molecule has 0 radical (unpaired) electrons. The van der Waals surface area contributed by atoms with E-state index in [9.17, 15) is 9.59 Å². The molecule has 0 aliphatic carbocycles. The largest absolute Gasteiger partial charge is 0.481 e. The number of hydrogen-bond acceptors (Lipinski definition) is 4. The van der Waals surface area contributed by atoms with Crippen LogP contribution in [0.15, 0.2) is 17.5 Å². The molecule has 1 aromatic heterocycles. The minimum atomic E-state index is -0.935. The molecular formula is C14H22N2O3S. The third-order valence-electron chi connectivity index (χ3n) is 3.80. The average molecular weight is 298 g/mol. The number of carbonyl (C=O) groups excluding carboxylic acids is 1. The lowest BCUT2D eigenvalue weighted by Crippen LogP contribution is -2.46. The summed E-state index contributed by atoms with van der Waals surface area (Å²) < 4.78 is 0.